The fourth-order valence-electron chi connectivity index (χ4n) is 2.82. The maximum Gasteiger partial charge on any atom is 0.123 e. The molecule has 1 saturated carbocycles. The molecule has 2 aromatic rings. The predicted octanol–water partition coefficient (Wildman–Crippen LogP) is 4.42. The zero-order valence-electron chi connectivity index (χ0n) is 12.5. The lowest BCUT2D eigenvalue weighted by Gasteiger charge is -2.16. The van der Waals surface area contributed by atoms with Gasteiger partial charge in [0.2, 0.25) is 0 Å². The van der Waals surface area contributed by atoms with Gasteiger partial charge in [-0.15, -0.1) is 0 Å². The molecule has 1 aliphatic rings. The Labute approximate surface area is 126 Å². The van der Waals surface area contributed by atoms with Crippen LogP contribution < -0.4 is 5.32 Å². The van der Waals surface area contributed by atoms with Gasteiger partial charge in [0.25, 0.3) is 0 Å². The summed E-state index contributed by atoms with van der Waals surface area (Å²) < 4.78 is 12.9. The van der Waals surface area contributed by atoms with Crippen molar-refractivity contribution in [2.45, 2.75) is 44.7 Å². The van der Waals surface area contributed by atoms with E-state index in [1.54, 1.807) is 0 Å². The third kappa shape index (κ3) is 3.92. The first-order chi connectivity index (χ1) is 10.2. The second-order valence-corrected chi connectivity index (χ2v) is 6.09. The van der Waals surface area contributed by atoms with Crippen LogP contribution in [-0.4, -0.2) is 6.04 Å². The molecule has 0 saturated heterocycles. The van der Waals surface area contributed by atoms with Crippen LogP contribution in [-0.2, 0) is 13.0 Å². The van der Waals surface area contributed by atoms with Crippen LogP contribution in [0.25, 0.3) is 0 Å². The van der Waals surface area contributed by atoms with Gasteiger partial charge in [-0.25, -0.2) is 4.39 Å². The van der Waals surface area contributed by atoms with E-state index in [1.165, 1.54) is 41.7 Å². The van der Waals surface area contributed by atoms with Crippen molar-refractivity contribution < 1.29 is 4.39 Å². The number of nitrogens with one attached hydrogen (secondary N) is 1. The molecule has 0 aromatic heterocycles. The van der Waals surface area contributed by atoms with Crippen LogP contribution >= 0.6 is 0 Å². The van der Waals surface area contributed by atoms with Gasteiger partial charge in [0.15, 0.2) is 0 Å². The first kappa shape index (κ1) is 14.3. The highest BCUT2D eigenvalue weighted by molar-refractivity contribution is 5.33. The van der Waals surface area contributed by atoms with Crippen molar-refractivity contribution in [1.82, 2.24) is 5.32 Å². The summed E-state index contributed by atoms with van der Waals surface area (Å²) in [6, 6.07) is 15.9. The predicted molar refractivity (Wildman–Crippen MR) is 84.8 cm³/mol. The van der Waals surface area contributed by atoms with Crippen molar-refractivity contribution in [3.05, 3.63) is 71.0 Å². The van der Waals surface area contributed by atoms with Crippen LogP contribution in [0.15, 0.2) is 48.5 Å². The molecule has 2 aromatic carbocycles. The summed E-state index contributed by atoms with van der Waals surface area (Å²) in [5, 5.41) is 3.59. The molecule has 1 nitrogen and oxygen atoms in total. The molecule has 0 amide bonds. The second kappa shape index (κ2) is 6.40. The standard InChI is InChI=1S/C19H22FN/c1-14(12-15-6-10-18(20)11-7-15)21-13-17-4-2-3-5-19(17)16-8-9-16/h2-7,10-11,14,16,21H,8-9,12-13H2,1H3. The highest BCUT2D eigenvalue weighted by atomic mass is 19.1. The monoisotopic (exact) mass is 283 g/mol. The van der Waals surface area contributed by atoms with Crippen molar-refractivity contribution >= 4 is 0 Å². The van der Waals surface area contributed by atoms with Crippen LogP contribution in [0.1, 0.15) is 42.4 Å². The summed E-state index contributed by atoms with van der Waals surface area (Å²) in [5.41, 5.74) is 4.11. The summed E-state index contributed by atoms with van der Waals surface area (Å²) >= 11 is 0. The second-order valence-electron chi connectivity index (χ2n) is 6.09. The SMILES string of the molecule is CC(Cc1ccc(F)cc1)NCc1ccccc1C1CC1. The van der Waals surface area contributed by atoms with Crippen molar-refractivity contribution in [3.8, 4) is 0 Å². The normalized spacial score (nSPS) is 15.9. The summed E-state index contributed by atoms with van der Waals surface area (Å²) in [6.45, 7) is 3.10. The summed E-state index contributed by atoms with van der Waals surface area (Å²) in [7, 11) is 0. The van der Waals surface area contributed by atoms with Crippen molar-refractivity contribution in [2.75, 3.05) is 0 Å². The molecule has 3 rings (SSSR count). The third-order valence-corrected chi connectivity index (χ3v) is 4.17. The quantitative estimate of drug-likeness (QED) is 0.827. The lowest BCUT2D eigenvalue weighted by Crippen LogP contribution is -2.27. The molecule has 2 heteroatoms. The number of hydrogen-bond acceptors (Lipinski definition) is 1. The minimum atomic E-state index is -0.169. The van der Waals surface area contributed by atoms with Gasteiger partial charge < -0.3 is 5.32 Å². The summed E-state index contributed by atoms with van der Waals surface area (Å²) in [5.74, 6) is 0.619. The van der Waals surface area contributed by atoms with Gasteiger partial charge in [-0.05, 0) is 60.9 Å². The number of hydrogen-bond donors (Lipinski definition) is 1. The van der Waals surface area contributed by atoms with E-state index in [2.05, 4.69) is 36.5 Å². The van der Waals surface area contributed by atoms with Gasteiger partial charge in [-0.1, -0.05) is 36.4 Å². The Hall–Kier alpha value is -1.67. The van der Waals surface area contributed by atoms with Crippen molar-refractivity contribution in [1.29, 1.82) is 0 Å². The van der Waals surface area contributed by atoms with Gasteiger partial charge in [0.1, 0.15) is 5.82 Å². The average molecular weight is 283 g/mol. The molecule has 1 N–H and O–H groups in total. The van der Waals surface area contributed by atoms with Crippen LogP contribution in [0.4, 0.5) is 4.39 Å². The Kier molecular flexibility index (Phi) is 4.35. The van der Waals surface area contributed by atoms with E-state index in [9.17, 15) is 4.39 Å². The topological polar surface area (TPSA) is 12.0 Å². The first-order valence-electron chi connectivity index (χ1n) is 7.78. The number of rotatable bonds is 6. The average Bonchev–Trinajstić information content (AvgIpc) is 3.32. The van der Waals surface area contributed by atoms with E-state index < -0.39 is 0 Å². The van der Waals surface area contributed by atoms with E-state index in [4.69, 9.17) is 0 Å². The molecule has 1 aliphatic carbocycles. The maximum atomic E-state index is 12.9. The fourth-order valence-corrected chi connectivity index (χ4v) is 2.82. The van der Waals surface area contributed by atoms with Gasteiger partial charge >= 0.3 is 0 Å². The van der Waals surface area contributed by atoms with Crippen molar-refractivity contribution in [2.24, 2.45) is 0 Å². The first-order valence-corrected chi connectivity index (χ1v) is 7.78. The van der Waals surface area contributed by atoms with Gasteiger partial charge in [0.05, 0.1) is 0 Å². The lowest BCUT2D eigenvalue weighted by molar-refractivity contribution is 0.543. The third-order valence-electron chi connectivity index (χ3n) is 4.17. The van der Waals surface area contributed by atoms with E-state index in [0.717, 1.165) is 18.9 Å². The van der Waals surface area contributed by atoms with Crippen LogP contribution in [0, 0.1) is 5.82 Å². The molecule has 1 unspecified atom stereocenters. The molecule has 21 heavy (non-hydrogen) atoms. The summed E-state index contributed by atoms with van der Waals surface area (Å²) in [4.78, 5) is 0. The highest BCUT2D eigenvalue weighted by Crippen LogP contribution is 2.41. The molecule has 0 heterocycles. The Morgan fingerprint density at radius 1 is 1.10 bits per heavy atom. The molecule has 0 spiro atoms. The smallest absolute Gasteiger partial charge is 0.123 e. The van der Waals surface area contributed by atoms with Gasteiger partial charge in [-0.2, -0.15) is 0 Å². The number of halogens is 1. The highest BCUT2D eigenvalue weighted by Gasteiger charge is 2.25. The van der Waals surface area contributed by atoms with Crippen molar-refractivity contribution in [3.63, 3.8) is 0 Å². The summed E-state index contributed by atoms with van der Waals surface area (Å²) in [6.07, 6.45) is 3.59. The Morgan fingerprint density at radius 3 is 2.52 bits per heavy atom. The lowest BCUT2D eigenvalue weighted by atomic mass is 10.0. The Bertz CT molecular complexity index is 587. The van der Waals surface area contributed by atoms with Crippen LogP contribution in [0.3, 0.4) is 0 Å². The number of benzene rings is 2. The molecule has 0 aliphatic heterocycles. The Morgan fingerprint density at radius 2 is 1.81 bits per heavy atom. The molecule has 110 valence electrons. The Balaban J connectivity index is 1.56. The van der Waals surface area contributed by atoms with E-state index in [1.807, 2.05) is 12.1 Å². The maximum absolute atomic E-state index is 12.9. The van der Waals surface area contributed by atoms with Crippen LogP contribution in [0.5, 0.6) is 0 Å². The van der Waals surface area contributed by atoms with E-state index in [0.29, 0.717) is 6.04 Å². The molecular formula is C19H22FN. The zero-order chi connectivity index (χ0) is 14.7. The van der Waals surface area contributed by atoms with E-state index in [-0.39, 0.29) is 5.82 Å². The van der Waals surface area contributed by atoms with Gasteiger partial charge in [-0.3, -0.25) is 0 Å². The van der Waals surface area contributed by atoms with Gasteiger partial charge in [0, 0.05) is 12.6 Å². The molecule has 1 atom stereocenters. The molecule has 1 fully saturated rings. The molecular weight excluding hydrogens is 261 g/mol. The minimum Gasteiger partial charge on any atom is -0.310 e. The zero-order valence-corrected chi connectivity index (χ0v) is 12.5. The largest absolute Gasteiger partial charge is 0.310 e. The molecule has 0 bridgehead atoms. The van der Waals surface area contributed by atoms with E-state index >= 15 is 0 Å². The fraction of sp³-hybridized carbons (Fsp3) is 0.368. The minimum absolute atomic E-state index is 0.169. The molecule has 0 radical (unpaired) electrons. The van der Waals surface area contributed by atoms with Crippen LogP contribution in [0.2, 0.25) is 0 Å².